The van der Waals surface area contributed by atoms with E-state index >= 15 is 0 Å². The number of halogens is 1. The van der Waals surface area contributed by atoms with Crippen LogP contribution in [0, 0.1) is 0 Å². The Bertz CT molecular complexity index is 1010. The third kappa shape index (κ3) is 3.87. The third-order valence-electron chi connectivity index (χ3n) is 5.34. The van der Waals surface area contributed by atoms with Gasteiger partial charge in [-0.2, -0.15) is 0 Å². The van der Waals surface area contributed by atoms with E-state index in [9.17, 15) is 4.79 Å². The largest absolute Gasteiger partial charge is 0.368 e. The molecule has 1 aromatic heterocycles. The molecule has 0 saturated carbocycles. The fourth-order valence-electron chi connectivity index (χ4n) is 3.77. The molecule has 5 heteroatoms. The molecule has 3 aromatic rings. The number of aromatic nitrogens is 1. The van der Waals surface area contributed by atoms with E-state index in [-0.39, 0.29) is 5.56 Å². The van der Waals surface area contributed by atoms with Gasteiger partial charge in [-0.1, -0.05) is 42.8 Å². The van der Waals surface area contributed by atoms with Gasteiger partial charge in [0.05, 0.1) is 10.7 Å². The average Bonchev–Trinajstić information content (AvgIpc) is 2.68. The maximum absolute atomic E-state index is 12.1. The van der Waals surface area contributed by atoms with Crippen LogP contribution in [0.5, 0.6) is 0 Å². The van der Waals surface area contributed by atoms with Crippen molar-refractivity contribution in [3.8, 4) is 0 Å². The van der Waals surface area contributed by atoms with Crippen molar-refractivity contribution in [1.82, 2.24) is 9.88 Å². The Labute approximate surface area is 164 Å². The fourth-order valence-corrected chi connectivity index (χ4v) is 4.02. The van der Waals surface area contributed by atoms with Crippen LogP contribution in [-0.2, 0) is 13.0 Å². The molecule has 0 atom stereocenters. The molecule has 4 rings (SSSR count). The number of nitrogens with one attached hydrogen (secondary N) is 1. The predicted molar refractivity (Wildman–Crippen MR) is 113 cm³/mol. The van der Waals surface area contributed by atoms with E-state index in [1.165, 1.54) is 5.56 Å². The van der Waals surface area contributed by atoms with Gasteiger partial charge in [0.1, 0.15) is 0 Å². The first-order chi connectivity index (χ1) is 13.1. The van der Waals surface area contributed by atoms with Gasteiger partial charge >= 0.3 is 0 Å². The van der Waals surface area contributed by atoms with E-state index < -0.39 is 0 Å². The van der Waals surface area contributed by atoms with Gasteiger partial charge in [-0.3, -0.25) is 9.69 Å². The van der Waals surface area contributed by atoms with Crippen molar-refractivity contribution in [2.45, 2.75) is 19.9 Å². The van der Waals surface area contributed by atoms with Gasteiger partial charge in [0.25, 0.3) is 5.56 Å². The lowest BCUT2D eigenvalue weighted by molar-refractivity contribution is 0.250. The van der Waals surface area contributed by atoms with Crippen LogP contribution in [0.2, 0.25) is 5.02 Å². The topological polar surface area (TPSA) is 39.3 Å². The van der Waals surface area contributed by atoms with Crippen molar-refractivity contribution in [1.29, 1.82) is 0 Å². The van der Waals surface area contributed by atoms with Crippen LogP contribution in [0.3, 0.4) is 0 Å². The van der Waals surface area contributed by atoms with Gasteiger partial charge in [0.15, 0.2) is 0 Å². The summed E-state index contributed by atoms with van der Waals surface area (Å²) in [6.07, 6.45) is 0.753. The van der Waals surface area contributed by atoms with Crippen LogP contribution in [0.1, 0.15) is 18.1 Å². The van der Waals surface area contributed by atoms with Gasteiger partial charge < -0.3 is 9.88 Å². The van der Waals surface area contributed by atoms with Crippen LogP contribution in [0.15, 0.2) is 53.3 Å². The Morgan fingerprint density at radius 3 is 2.56 bits per heavy atom. The molecule has 0 spiro atoms. The first kappa shape index (κ1) is 18.1. The molecule has 0 amide bonds. The minimum Gasteiger partial charge on any atom is -0.368 e. The highest BCUT2D eigenvalue weighted by molar-refractivity contribution is 6.33. The smallest absolute Gasteiger partial charge is 0.251 e. The highest BCUT2D eigenvalue weighted by Gasteiger charge is 2.19. The summed E-state index contributed by atoms with van der Waals surface area (Å²) in [6.45, 7) is 6.82. The Morgan fingerprint density at radius 2 is 1.81 bits per heavy atom. The quantitative estimate of drug-likeness (QED) is 0.740. The van der Waals surface area contributed by atoms with Crippen LogP contribution < -0.4 is 10.5 Å². The van der Waals surface area contributed by atoms with E-state index in [0.29, 0.717) is 0 Å². The first-order valence-corrected chi connectivity index (χ1v) is 9.88. The molecular weight excluding hydrogens is 358 g/mol. The number of hydrogen-bond acceptors (Lipinski definition) is 3. The van der Waals surface area contributed by atoms with E-state index in [0.717, 1.165) is 66.3 Å². The lowest BCUT2D eigenvalue weighted by Gasteiger charge is -2.36. The highest BCUT2D eigenvalue weighted by atomic mass is 35.5. The zero-order valence-corrected chi connectivity index (χ0v) is 16.3. The van der Waals surface area contributed by atoms with Crippen molar-refractivity contribution in [3.63, 3.8) is 0 Å². The van der Waals surface area contributed by atoms with E-state index in [2.05, 4.69) is 39.0 Å². The number of hydrogen-bond donors (Lipinski definition) is 1. The lowest BCUT2D eigenvalue weighted by atomic mass is 10.1. The lowest BCUT2D eigenvalue weighted by Crippen LogP contribution is -2.46. The van der Waals surface area contributed by atoms with E-state index in [4.69, 9.17) is 11.6 Å². The molecule has 4 nitrogen and oxygen atoms in total. The van der Waals surface area contributed by atoms with Crippen molar-refractivity contribution in [3.05, 3.63) is 75.0 Å². The van der Waals surface area contributed by atoms with E-state index in [1.54, 1.807) is 0 Å². The molecule has 1 saturated heterocycles. The molecule has 0 unspecified atom stereocenters. The number of H-pyrrole nitrogens is 1. The maximum atomic E-state index is 12.1. The minimum absolute atomic E-state index is 0.0236. The number of piperazine rings is 1. The van der Waals surface area contributed by atoms with Gasteiger partial charge in [-0.05, 0) is 41.6 Å². The number of nitrogens with zero attached hydrogens (tertiary/aromatic N) is 2. The summed E-state index contributed by atoms with van der Waals surface area (Å²) in [5.74, 6) is 0. The summed E-state index contributed by atoms with van der Waals surface area (Å²) < 4.78 is 0. The second-order valence-electron chi connectivity index (χ2n) is 7.11. The second-order valence-corrected chi connectivity index (χ2v) is 7.52. The van der Waals surface area contributed by atoms with Gasteiger partial charge in [0, 0.05) is 43.8 Å². The number of rotatable bonds is 4. The summed E-state index contributed by atoms with van der Waals surface area (Å²) in [5, 5.41) is 1.91. The molecule has 140 valence electrons. The van der Waals surface area contributed by atoms with Gasteiger partial charge in [0.2, 0.25) is 0 Å². The molecular formula is C22H24ClN3O. The highest BCUT2D eigenvalue weighted by Crippen LogP contribution is 2.26. The number of para-hydroxylation sites is 1. The predicted octanol–water partition coefficient (Wildman–Crippen LogP) is 4.07. The second kappa shape index (κ2) is 7.75. The van der Waals surface area contributed by atoms with Crippen LogP contribution >= 0.6 is 11.6 Å². The maximum Gasteiger partial charge on any atom is 0.251 e. The summed E-state index contributed by atoms with van der Waals surface area (Å²) in [6, 6.07) is 16.4. The summed E-state index contributed by atoms with van der Waals surface area (Å²) >= 11 is 6.33. The number of fused-ring (bicyclic) bond motifs is 1. The Hall–Kier alpha value is -2.30. The molecule has 27 heavy (non-hydrogen) atoms. The standard InChI is InChI=1S/C22H24ClN3O/c1-2-17-14-18-8-7-16(13-20(18)24-22(17)27)15-25-9-11-26(12-10-25)21-6-4-3-5-19(21)23/h3-8,13-14H,2,9-12,15H2,1H3,(H,24,27). The summed E-state index contributed by atoms with van der Waals surface area (Å²) in [4.78, 5) is 19.9. The Morgan fingerprint density at radius 1 is 1.04 bits per heavy atom. The van der Waals surface area contributed by atoms with Crippen molar-refractivity contribution >= 4 is 28.2 Å². The fraction of sp³-hybridized carbons (Fsp3) is 0.318. The molecule has 2 aromatic carbocycles. The molecule has 0 bridgehead atoms. The monoisotopic (exact) mass is 381 g/mol. The molecule has 0 radical (unpaired) electrons. The molecule has 1 aliphatic rings. The van der Waals surface area contributed by atoms with Crippen LogP contribution in [0.4, 0.5) is 5.69 Å². The van der Waals surface area contributed by atoms with Crippen LogP contribution in [0.25, 0.3) is 10.9 Å². The average molecular weight is 382 g/mol. The molecule has 1 aliphatic heterocycles. The van der Waals surface area contributed by atoms with Gasteiger partial charge in [-0.15, -0.1) is 0 Å². The normalized spacial score (nSPS) is 15.4. The minimum atomic E-state index is 0.0236. The number of aryl methyl sites for hydroxylation is 1. The first-order valence-electron chi connectivity index (χ1n) is 9.50. The summed E-state index contributed by atoms with van der Waals surface area (Å²) in [7, 11) is 0. The third-order valence-corrected chi connectivity index (χ3v) is 5.66. The van der Waals surface area contributed by atoms with Crippen molar-refractivity contribution in [2.75, 3.05) is 31.1 Å². The van der Waals surface area contributed by atoms with Crippen molar-refractivity contribution < 1.29 is 0 Å². The Balaban J connectivity index is 1.44. The molecule has 0 aliphatic carbocycles. The number of benzene rings is 2. The summed E-state index contributed by atoms with van der Waals surface area (Å²) in [5.41, 5.74) is 4.13. The number of aromatic amines is 1. The molecule has 2 heterocycles. The number of anilines is 1. The molecule has 1 fully saturated rings. The van der Waals surface area contributed by atoms with Crippen LogP contribution in [-0.4, -0.2) is 36.1 Å². The zero-order chi connectivity index (χ0) is 18.8. The number of pyridine rings is 1. The zero-order valence-electron chi connectivity index (χ0n) is 15.5. The Kier molecular flexibility index (Phi) is 5.19. The van der Waals surface area contributed by atoms with E-state index in [1.807, 2.05) is 31.2 Å². The van der Waals surface area contributed by atoms with Crippen molar-refractivity contribution in [2.24, 2.45) is 0 Å². The van der Waals surface area contributed by atoms with Gasteiger partial charge in [-0.25, -0.2) is 0 Å². The molecule has 1 N–H and O–H groups in total. The SMILES string of the molecule is CCc1cc2ccc(CN3CCN(c4ccccc4Cl)CC3)cc2[nH]c1=O.